The number of nitrogens with zero attached hydrogens (tertiary/aromatic N) is 2. The topological polar surface area (TPSA) is 89.0 Å². The van der Waals surface area contributed by atoms with Crippen molar-refractivity contribution in [1.82, 2.24) is 9.88 Å². The van der Waals surface area contributed by atoms with E-state index in [4.69, 9.17) is 9.47 Å². The number of carboxylic acids is 1. The molecule has 1 aromatic carbocycles. The average Bonchev–Trinajstić information content (AvgIpc) is 2.83. The van der Waals surface area contributed by atoms with E-state index in [1.807, 2.05) is 39.0 Å². The Bertz CT molecular complexity index is 953. The van der Waals surface area contributed by atoms with Crippen LogP contribution in [0.2, 0.25) is 0 Å². The number of piperidine rings is 1. The molecule has 7 heteroatoms. The summed E-state index contributed by atoms with van der Waals surface area (Å²) in [6, 6.07) is 9.05. The van der Waals surface area contributed by atoms with Gasteiger partial charge in [-0.05, 0) is 88.7 Å². The monoisotopic (exact) mass is 454 g/mol. The number of pyridine rings is 1. The molecule has 0 spiro atoms. The Labute approximate surface area is 195 Å². The van der Waals surface area contributed by atoms with Gasteiger partial charge in [-0.3, -0.25) is 9.69 Å². The van der Waals surface area contributed by atoms with E-state index in [-0.39, 0.29) is 17.7 Å². The fourth-order valence-corrected chi connectivity index (χ4v) is 4.45. The van der Waals surface area contributed by atoms with Crippen molar-refractivity contribution in [2.24, 2.45) is 5.92 Å². The molecule has 0 bridgehead atoms. The molecule has 0 aliphatic carbocycles. The highest BCUT2D eigenvalue weighted by Crippen LogP contribution is 2.32. The van der Waals surface area contributed by atoms with E-state index in [2.05, 4.69) is 9.88 Å². The largest absolute Gasteiger partial charge is 0.493 e. The van der Waals surface area contributed by atoms with Gasteiger partial charge in [-0.2, -0.15) is 0 Å². The van der Waals surface area contributed by atoms with Crippen molar-refractivity contribution in [1.29, 1.82) is 0 Å². The zero-order chi connectivity index (χ0) is 23.8. The van der Waals surface area contributed by atoms with Crippen LogP contribution < -0.4 is 4.74 Å². The predicted octanol–water partition coefficient (Wildman–Crippen LogP) is 4.58. The Kier molecular flexibility index (Phi) is 8.83. The summed E-state index contributed by atoms with van der Waals surface area (Å²) in [5.74, 6) is 0.230. The van der Waals surface area contributed by atoms with Crippen molar-refractivity contribution >= 4 is 11.9 Å². The molecule has 0 radical (unpaired) electrons. The van der Waals surface area contributed by atoms with E-state index in [1.165, 1.54) is 6.20 Å². The van der Waals surface area contributed by atoms with E-state index >= 15 is 0 Å². The van der Waals surface area contributed by atoms with Crippen molar-refractivity contribution in [3.05, 3.63) is 47.8 Å². The van der Waals surface area contributed by atoms with Gasteiger partial charge in [0.15, 0.2) is 5.69 Å². The van der Waals surface area contributed by atoms with Crippen LogP contribution in [0.25, 0.3) is 11.1 Å². The first kappa shape index (κ1) is 24.7. The number of rotatable bonds is 10. The SMILES string of the molecule is CCOC(=O)C(C)N1CCC(CCCOc2cccc(-c3cccnc3C(=O)O)c2C)CC1. The number of likely N-dealkylation sites (tertiary alicyclic amines) is 1. The minimum absolute atomic E-state index is 0.0429. The molecule has 178 valence electrons. The van der Waals surface area contributed by atoms with Crippen molar-refractivity contribution in [2.75, 3.05) is 26.3 Å². The van der Waals surface area contributed by atoms with Crippen LogP contribution in [-0.2, 0) is 9.53 Å². The molecule has 1 aliphatic rings. The van der Waals surface area contributed by atoms with Gasteiger partial charge in [0.2, 0.25) is 0 Å². The number of ether oxygens (including phenoxy) is 2. The minimum atomic E-state index is -1.04. The van der Waals surface area contributed by atoms with E-state index in [1.54, 1.807) is 12.1 Å². The summed E-state index contributed by atoms with van der Waals surface area (Å²) in [4.78, 5) is 29.7. The first-order chi connectivity index (χ1) is 15.9. The summed E-state index contributed by atoms with van der Waals surface area (Å²) < 4.78 is 11.2. The zero-order valence-corrected chi connectivity index (χ0v) is 19.8. The molecule has 1 saturated heterocycles. The molecule has 7 nitrogen and oxygen atoms in total. The number of carbonyl (C=O) groups is 2. The molecule has 1 N–H and O–H groups in total. The number of hydrogen-bond acceptors (Lipinski definition) is 6. The first-order valence-corrected chi connectivity index (χ1v) is 11.7. The highest BCUT2D eigenvalue weighted by molar-refractivity contribution is 5.94. The number of benzene rings is 1. The Hall–Kier alpha value is -2.93. The summed E-state index contributed by atoms with van der Waals surface area (Å²) >= 11 is 0. The molecule has 2 heterocycles. The minimum Gasteiger partial charge on any atom is -0.493 e. The van der Waals surface area contributed by atoms with Gasteiger partial charge in [0, 0.05) is 11.8 Å². The third-order valence-corrected chi connectivity index (χ3v) is 6.42. The van der Waals surface area contributed by atoms with Gasteiger partial charge in [0.05, 0.1) is 13.2 Å². The van der Waals surface area contributed by atoms with Crippen LogP contribution in [0.3, 0.4) is 0 Å². The summed E-state index contributed by atoms with van der Waals surface area (Å²) in [6.07, 6.45) is 5.69. The lowest BCUT2D eigenvalue weighted by Gasteiger charge is -2.34. The smallest absolute Gasteiger partial charge is 0.355 e. The third kappa shape index (κ3) is 6.32. The van der Waals surface area contributed by atoms with Crippen LogP contribution >= 0.6 is 0 Å². The molecular weight excluding hydrogens is 420 g/mol. The fourth-order valence-electron chi connectivity index (χ4n) is 4.45. The molecule has 1 aromatic heterocycles. The number of carboxylic acid groups (broad SMARTS) is 1. The highest BCUT2D eigenvalue weighted by atomic mass is 16.5. The van der Waals surface area contributed by atoms with E-state index in [0.717, 1.165) is 55.6 Å². The lowest BCUT2D eigenvalue weighted by molar-refractivity contribution is -0.149. The van der Waals surface area contributed by atoms with Crippen LogP contribution in [0.5, 0.6) is 5.75 Å². The van der Waals surface area contributed by atoms with Gasteiger partial charge < -0.3 is 14.6 Å². The van der Waals surface area contributed by atoms with E-state index in [0.29, 0.717) is 24.7 Å². The maximum Gasteiger partial charge on any atom is 0.355 e. The van der Waals surface area contributed by atoms with Gasteiger partial charge in [-0.15, -0.1) is 0 Å². The van der Waals surface area contributed by atoms with Gasteiger partial charge in [0.25, 0.3) is 0 Å². The second-order valence-corrected chi connectivity index (χ2v) is 8.53. The Morgan fingerprint density at radius 3 is 2.61 bits per heavy atom. The summed E-state index contributed by atoms with van der Waals surface area (Å²) in [6.45, 7) is 8.58. The molecular formula is C26H34N2O5. The van der Waals surface area contributed by atoms with Gasteiger partial charge in [-0.1, -0.05) is 18.2 Å². The molecule has 33 heavy (non-hydrogen) atoms. The van der Waals surface area contributed by atoms with E-state index in [9.17, 15) is 14.7 Å². The van der Waals surface area contributed by atoms with Crippen molar-refractivity contribution in [3.8, 4) is 16.9 Å². The van der Waals surface area contributed by atoms with Gasteiger partial charge >= 0.3 is 11.9 Å². The molecule has 3 rings (SSSR count). The number of aromatic nitrogens is 1. The van der Waals surface area contributed by atoms with Crippen LogP contribution in [-0.4, -0.2) is 59.3 Å². The Balaban J connectivity index is 1.49. The second kappa shape index (κ2) is 11.8. The fraction of sp³-hybridized carbons (Fsp3) is 0.500. The quantitative estimate of drug-likeness (QED) is 0.415. The molecule has 0 saturated carbocycles. The molecule has 1 unspecified atom stereocenters. The lowest BCUT2D eigenvalue weighted by Crippen LogP contribution is -2.44. The van der Waals surface area contributed by atoms with Gasteiger partial charge in [0.1, 0.15) is 11.8 Å². The first-order valence-electron chi connectivity index (χ1n) is 11.7. The van der Waals surface area contributed by atoms with Crippen molar-refractivity contribution in [3.63, 3.8) is 0 Å². The van der Waals surface area contributed by atoms with Crippen LogP contribution in [0.15, 0.2) is 36.5 Å². The van der Waals surface area contributed by atoms with Crippen LogP contribution in [0.1, 0.15) is 55.6 Å². The standard InChI is InChI=1S/C26H34N2O5/c1-4-32-26(31)19(3)28-15-12-20(13-16-28)8-7-17-33-23-11-5-9-21(18(23)2)22-10-6-14-27-24(22)25(29)30/h5-6,9-11,14,19-20H,4,7-8,12-13,15-17H2,1-3H3,(H,29,30). The van der Waals surface area contributed by atoms with Gasteiger partial charge in [-0.25, -0.2) is 9.78 Å². The number of carbonyl (C=O) groups excluding carboxylic acids is 1. The van der Waals surface area contributed by atoms with Crippen LogP contribution in [0.4, 0.5) is 0 Å². The number of aromatic carboxylic acids is 1. The molecule has 0 amide bonds. The molecule has 2 aromatic rings. The lowest BCUT2D eigenvalue weighted by atomic mass is 9.91. The number of hydrogen-bond donors (Lipinski definition) is 1. The normalized spacial score (nSPS) is 15.7. The predicted molar refractivity (Wildman–Crippen MR) is 126 cm³/mol. The van der Waals surface area contributed by atoms with Crippen LogP contribution in [0, 0.1) is 12.8 Å². The number of esters is 1. The van der Waals surface area contributed by atoms with Crippen molar-refractivity contribution in [2.45, 2.75) is 52.5 Å². The molecule has 1 fully saturated rings. The van der Waals surface area contributed by atoms with E-state index < -0.39 is 5.97 Å². The average molecular weight is 455 g/mol. The Morgan fingerprint density at radius 2 is 1.91 bits per heavy atom. The molecule has 1 atom stereocenters. The zero-order valence-electron chi connectivity index (χ0n) is 19.8. The summed E-state index contributed by atoms with van der Waals surface area (Å²) in [5, 5.41) is 9.46. The highest BCUT2D eigenvalue weighted by Gasteiger charge is 2.27. The summed E-state index contributed by atoms with van der Waals surface area (Å²) in [5.41, 5.74) is 2.37. The Morgan fingerprint density at radius 1 is 1.18 bits per heavy atom. The second-order valence-electron chi connectivity index (χ2n) is 8.53. The van der Waals surface area contributed by atoms with Crippen molar-refractivity contribution < 1.29 is 24.2 Å². The maximum atomic E-state index is 12.0. The molecule has 1 aliphatic heterocycles. The third-order valence-electron chi connectivity index (χ3n) is 6.42. The summed E-state index contributed by atoms with van der Waals surface area (Å²) in [7, 11) is 0. The maximum absolute atomic E-state index is 12.0.